The van der Waals surface area contributed by atoms with E-state index in [1.54, 1.807) is 12.1 Å². The molecule has 5 nitrogen and oxygen atoms in total. The number of hydrogen-bond acceptors (Lipinski definition) is 4. The molecule has 0 saturated carbocycles. The van der Waals surface area contributed by atoms with Crippen LogP contribution in [0.4, 0.5) is 9.18 Å². The lowest BCUT2D eigenvalue weighted by Crippen LogP contribution is -2.50. The van der Waals surface area contributed by atoms with Crippen LogP contribution in [0.5, 0.6) is 0 Å². The second kappa shape index (κ2) is 6.84. The Bertz CT molecular complexity index is 718. The molecular weight excluding hydrogens is 327 g/mol. The highest BCUT2D eigenvalue weighted by Gasteiger charge is 2.39. The minimum Gasteiger partial charge on any atom is -0.333 e. The smallest absolute Gasteiger partial charge is 0.318 e. The van der Waals surface area contributed by atoms with E-state index in [2.05, 4.69) is 21.8 Å². The van der Waals surface area contributed by atoms with Gasteiger partial charge < -0.3 is 10.2 Å². The number of halogens is 1. The fourth-order valence-electron chi connectivity index (χ4n) is 3.26. The minimum absolute atomic E-state index is 0.0649. The van der Waals surface area contributed by atoms with Crippen molar-refractivity contribution in [2.45, 2.75) is 45.2 Å². The van der Waals surface area contributed by atoms with E-state index >= 15 is 0 Å². The van der Waals surface area contributed by atoms with Gasteiger partial charge in [-0.05, 0) is 62.3 Å². The summed E-state index contributed by atoms with van der Waals surface area (Å²) in [6, 6.07) is 6.46. The molecule has 1 saturated heterocycles. The molecule has 1 aromatic heterocycles. The normalized spacial score (nSPS) is 20.4. The van der Waals surface area contributed by atoms with Crippen LogP contribution in [0.3, 0.4) is 0 Å². The van der Waals surface area contributed by atoms with Crippen molar-refractivity contribution in [1.82, 2.24) is 19.8 Å². The monoisotopic (exact) mass is 348 g/mol. The molecule has 1 aromatic carbocycles. The number of rotatable bonds is 4. The fourth-order valence-corrected chi connectivity index (χ4v) is 3.83. The van der Waals surface area contributed by atoms with Gasteiger partial charge in [0.2, 0.25) is 0 Å². The predicted octanol–water partition coefficient (Wildman–Crippen LogP) is 3.29. The third kappa shape index (κ3) is 3.56. The number of nitrogens with zero attached hydrogens (tertiary/aromatic N) is 3. The molecule has 1 aliphatic rings. The Balaban J connectivity index is 1.66. The van der Waals surface area contributed by atoms with Crippen molar-refractivity contribution in [3.05, 3.63) is 46.2 Å². The summed E-state index contributed by atoms with van der Waals surface area (Å²) in [6.45, 7) is 5.18. The zero-order valence-corrected chi connectivity index (χ0v) is 14.7. The summed E-state index contributed by atoms with van der Waals surface area (Å²) in [5, 5.41) is 6.93. The van der Waals surface area contributed by atoms with E-state index in [0.29, 0.717) is 6.54 Å². The zero-order valence-electron chi connectivity index (χ0n) is 13.9. The van der Waals surface area contributed by atoms with Gasteiger partial charge in [0, 0.05) is 12.1 Å². The number of aryl methyl sites for hydroxylation is 1. The van der Waals surface area contributed by atoms with Crippen LogP contribution in [0.1, 0.15) is 35.9 Å². The molecule has 0 aliphatic carbocycles. The first-order valence-electron chi connectivity index (χ1n) is 8.06. The standard InChI is InChI=1S/C17H21FN4OS/c1-12-15(24-21-20-12)11-19-16(23)22-9-3-8-17(22,2)10-13-4-6-14(18)7-5-13/h4-7H,3,8-11H2,1-2H3,(H,19,23). The lowest BCUT2D eigenvalue weighted by Gasteiger charge is -2.35. The van der Waals surface area contributed by atoms with Gasteiger partial charge in [0.05, 0.1) is 17.1 Å². The van der Waals surface area contributed by atoms with Crippen LogP contribution < -0.4 is 5.32 Å². The first-order chi connectivity index (χ1) is 11.5. The molecule has 1 atom stereocenters. The summed E-state index contributed by atoms with van der Waals surface area (Å²) in [7, 11) is 0. The molecule has 3 rings (SSSR count). The third-order valence-electron chi connectivity index (χ3n) is 4.64. The Morgan fingerprint density at radius 2 is 2.17 bits per heavy atom. The van der Waals surface area contributed by atoms with E-state index in [0.717, 1.165) is 41.9 Å². The molecule has 1 fully saturated rings. The van der Waals surface area contributed by atoms with Crippen molar-refractivity contribution < 1.29 is 9.18 Å². The van der Waals surface area contributed by atoms with E-state index in [9.17, 15) is 9.18 Å². The lowest BCUT2D eigenvalue weighted by atomic mass is 9.90. The molecule has 0 spiro atoms. The van der Waals surface area contributed by atoms with Crippen molar-refractivity contribution in [2.75, 3.05) is 6.54 Å². The van der Waals surface area contributed by atoms with Gasteiger partial charge in [0.1, 0.15) is 5.82 Å². The van der Waals surface area contributed by atoms with Crippen LogP contribution in [-0.2, 0) is 13.0 Å². The van der Waals surface area contributed by atoms with Gasteiger partial charge >= 0.3 is 6.03 Å². The van der Waals surface area contributed by atoms with Crippen molar-refractivity contribution in [3.63, 3.8) is 0 Å². The molecule has 0 bridgehead atoms. The van der Waals surface area contributed by atoms with Crippen LogP contribution in [-0.4, -0.2) is 32.6 Å². The Kier molecular flexibility index (Phi) is 4.80. The van der Waals surface area contributed by atoms with Crippen molar-refractivity contribution in [3.8, 4) is 0 Å². The summed E-state index contributed by atoms with van der Waals surface area (Å²) in [5.41, 5.74) is 1.65. The number of likely N-dealkylation sites (tertiary alicyclic amines) is 1. The number of aromatic nitrogens is 2. The summed E-state index contributed by atoms with van der Waals surface area (Å²) in [4.78, 5) is 15.5. The molecule has 128 valence electrons. The number of carbonyl (C=O) groups excluding carboxylic acids is 1. The van der Waals surface area contributed by atoms with Crippen LogP contribution in [0.25, 0.3) is 0 Å². The minimum atomic E-state index is -0.247. The molecular formula is C17H21FN4OS. The maximum absolute atomic E-state index is 13.1. The van der Waals surface area contributed by atoms with Crippen LogP contribution >= 0.6 is 11.5 Å². The van der Waals surface area contributed by atoms with E-state index in [1.165, 1.54) is 23.7 Å². The Hall–Kier alpha value is -2.02. The predicted molar refractivity (Wildman–Crippen MR) is 91.3 cm³/mol. The van der Waals surface area contributed by atoms with Crippen LogP contribution in [0.15, 0.2) is 24.3 Å². The highest BCUT2D eigenvalue weighted by atomic mass is 32.1. The lowest BCUT2D eigenvalue weighted by molar-refractivity contribution is 0.155. The van der Waals surface area contributed by atoms with Crippen molar-refractivity contribution >= 4 is 17.6 Å². The molecule has 0 radical (unpaired) electrons. The maximum atomic E-state index is 13.1. The molecule has 7 heteroatoms. The second-order valence-electron chi connectivity index (χ2n) is 6.50. The quantitative estimate of drug-likeness (QED) is 0.922. The van der Waals surface area contributed by atoms with Gasteiger partial charge in [-0.15, -0.1) is 5.10 Å². The molecule has 1 N–H and O–H groups in total. The number of benzene rings is 1. The van der Waals surface area contributed by atoms with Gasteiger partial charge in [-0.3, -0.25) is 0 Å². The SMILES string of the molecule is Cc1nnsc1CNC(=O)N1CCCC1(C)Cc1ccc(F)cc1. The number of carbonyl (C=O) groups is 1. The summed E-state index contributed by atoms with van der Waals surface area (Å²) < 4.78 is 17.0. The van der Waals surface area contributed by atoms with E-state index in [1.807, 2.05) is 11.8 Å². The Morgan fingerprint density at radius 3 is 2.83 bits per heavy atom. The third-order valence-corrected chi connectivity index (χ3v) is 5.46. The highest BCUT2D eigenvalue weighted by Crippen LogP contribution is 2.32. The van der Waals surface area contributed by atoms with Crippen molar-refractivity contribution in [2.24, 2.45) is 0 Å². The Morgan fingerprint density at radius 1 is 1.42 bits per heavy atom. The Labute approximate surface area is 145 Å². The number of nitrogens with one attached hydrogen (secondary N) is 1. The first kappa shape index (κ1) is 16.8. The van der Waals surface area contributed by atoms with E-state index < -0.39 is 0 Å². The topological polar surface area (TPSA) is 58.1 Å². The van der Waals surface area contributed by atoms with Gasteiger partial charge in [-0.1, -0.05) is 16.6 Å². The highest BCUT2D eigenvalue weighted by molar-refractivity contribution is 7.05. The molecule has 1 unspecified atom stereocenters. The second-order valence-corrected chi connectivity index (χ2v) is 7.33. The fraction of sp³-hybridized carbons (Fsp3) is 0.471. The molecule has 2 aromatic rings. The molecule has 24 heavy (non-hydrogen) atoms. The van der Waals surface area contributed by atoms with Crippen LogP contribution in [0.2, 0.25) is 0 Å². The summed E-state index contributed by atoms with van der Waals surface area (Å²) in [6.07, 6.45) is 2.65. The molecule has 2 heterocycles. The zero-order chi connectivity index (χ0) is 17.2. The largest absolute Gasteiger partial charge is 0.333 e. The average Bonchev–Trinajstić information content (AvgIpc) is 3.13. The van der Waals surface area contributed by atoms with Crippen molar-refractivity contribution in [1.29, 1.82) is 0 Å². The average molecular weight is 348 g/mol. The number of hydrogen-bond donors (Lipinski definition) is 1. The van der Waals surface area contributed by atoms with Gasteiger partial charge in [0.15, 0.2) is 0 Å². The molecule has 2 amide bonds. The number of urea groups is 1. The summed E-state index contributed by atoms with van der Waals surface area (Å²) in [5.74, 6) is -0.238. The van der Waals surface area contributed by atoms with Crippen LogP contribution in [0, 0.1) is 12.7 Å². The van der Waals surface area contributed by atoms with Gasteiger partial charge in [-0.25, -0.2) is 9.18 Å². The maximum Gasteiger partial charge on any atom is 0.318 e. The van der Waals surface area contributed by atoms with Gasteiger partial charge in [-0.2, -0.15) is 0 Å². The van der Waals surface area contributed by atoms with E-state index in [4.69, 9.17) is 0 Å². The van der Waals surface area contributed by atoms with E-state index in [-0.39, 0.29) is 17.4 Å². The number of amides is 2. The first-order valence-corrected chi connectivity index (χ1v) is 8.83. The summed E-state index contributed by atoms with van der Waals surface area (Å²) >= 11 is 1.31. The van der Waals surface area contributed by atoms with Gasteiger partial charge in [0.25, 0.3) is 0 Å². The molecule has 1 aliphatic heterocycles.